The molecule has 0 saturated carbocycles. The number of alkyl halides is 2. The third kappa shape index (κ3) is 3.39. The number of amides is 1. The van der Waals surface area contributed by atoms with Crippen LogP contribution in [0.3, 0.4) is 0 Å². The zero-order valence-electron chi connectivity index (χ0n) is 14.3. The number of benzene rings is 1. The molecule has 5 nitrogen and oxygen atoms in total. The van der Waals surface area contributed by atoms with Crippen LogP contribution in [-0.2, 0) is 11.3 Å². The highest BCUT2D eigenvalue weighted by atomic mass is 19.3. The van der Waals surface area contributed by atoms with Crippen molar-refractivity contribution < 1.29 is 18.0 Å². The molecular weight excluding hydrogens is 357 g/mol. The maximum atomic E-state index is 13.5. The van der Waals surface area contributed by atoms with E-state index in [-0.39, 0.29) is 11.8 Å². The van der Waals surface area contributed by atoms with Crippen LogP contribution in [0.25, 0.3) is 22.2 Å². The molecule has 3 heterocycles. The van der Waals surface area contributed by atoms with Crippen LogP contribution in [0, 0.1) is 11.7 Å². The zero-order chi connectivity index (χ0) is 19.0. The second-order valence-corrected chi connectivity index (χ2v) is 6.60. The number of nitrogens with one attached hydrogen (secondary N) is 1. The molecule has 4 rings (SSSR count). The number of carbonyl (C=O) groups is 1. The number of hydrogen-bond donors (Lipinski definition) is 1. The predicted molar refractivity (Wildman–Crippen MR) is 93.6 cm³/mol. The minimum Gasteiger partial charge on any atom is -0.356 e. The number of aromatic nitrogens is 3. The van der Waals surface area contributed by atoms with Crippen molar-refractivity contribution in [3.8, 4) is 11.1 Å². The van der Waals surface area contributed by atoms with Crippen molar-refractivity contribution in [1.82, 2.24) is 20.1 Å². The first-order valence-electron chi connectivity index (χ1n) is 8.70. The second kappa shape index (κ2) is 7.02. The summed E-state index contributed by atoms with van der Waals surface area (Å²) in [6.45, 7) is 1.25. The first-order valence-corrected chi connectivity index (χ1v) is 8.70. The molecule has 0 radical (unpaired) electrons. The Morgan fingerprint density at radius 3 is 2.81 bits per heavy atom. The highest BCUT2D eigenvalue weighted by Gasteiger charge is 2.24. The molecule has 1 N–H and O–H groups in total. The molecule has 1 fully saturated rings. The maximum Gasteiger partial charge on any atom is 0.266 e. The Bertz CT molecular complexity index is 1000. The molecule has 0 aliphatic carbocycles. The largest absolute Gasteiger partial charge is 0.356 e. The summed E-state index contributed by atoms with van der Waals surface area (Å²) in [6, 6.07) is 5.43. The van der Waals surface area contributed by atoms with Crippen LogP contribution in [0.4, 0.5) is 13.2 Å². The summed E-state index contributed by atoms with van der Waals surface area (Å²) in [7, 11) is 0. The van der Waals surface area contributed by atoms with Gasteiger partial charge in [-0.3, -0.25) is 14.5 Å². The number of aryl methyl sites for hydroxylation is 1. The van der Waals surface area contributed by atoms with Crippen LogP contribution in [0.2, 0.25) is 0 Å². The smallest absolute Gasteiger partial charge is 0.266 e. The van der Waals surface area contributed by atoms with Crippen molar-refractivity contribution in [2.24, 2.45) is 5.92 Å². The van der Waals surface area contributed by atoms with E-state index in [1.54, 1.807) is 23.1 Å². The topological polar surface area (TPSA) is 59.8 Å². The van der Waals surface area contributed by atoms with Gasteiger partial charge in [0.1, 0.15) is 11.3 Å². The number of rotatable bonds is 5. The van der Waals surface area contributed by atoms with E-state index in [4.69, 9.17) is 0 Å². The SMILES string of the molecule is O=C1NCC[C@@H]1CCn1ncc2ncc(-c3ccc(F)c(C(F)F)c3)cc21. The molecule has 1 atom stereocenters. The predicted octanol–water partition coefficient (Wildman–Crippen LogP) is 3.70. The normalized spacial score (nSPS) is 17.0. The molecule has 27 heavy (non-hydrogen) atoms. The molecule has 8 heteroatoms. The van der Waals surface area contributed by atoms with Crippen LogP contribution in [0.1, 0.15) is 24.8 Å². The number of halogens is 3. The molecule has 1 aliphatic rings. The van der Waals surface area contributed by atoms with Gasteiger partial charge < -0.3 is 5.32 Å². The summed E-state index contributed by atoms with van der Waals surface area (Å²) >= 11 is 0. The Labute approximate surface area is 153 Å². The van der Waals surface area contributed by atoms with Gasteiger partial charge in [0.15, 0.2) is 0 Å². The van der Waals surface area contributed by atoms with E-state index >= 15 is 0 Å². The van der Waals surface area contributed by atoms with E-state index in [9.17, 15) is 18.0 Å². The molecule has 1 aromatic carbocycles. The molecule has 1 aliphatic heterocycles. The fourth-order valence-corrected chi connectivity index (χ4v) is 3.38. The first kappa shape index (κ1) is 17.5. The fraction of sp³-hybridized carbons (Fsp3) is 0.316. The highest BCUT2D eigenvalue weighted by molar-refractivity contribution is 5.81. The van der Waals surface area contributed by atoms with Crippen molar-refractivity contribution >= 4 is 16.9 Å². The number of carbonyl (C=O) groups excluding carboxylic acids is 1. The molecule has 0 spiro atoms. The van der Waals surface area contributed by atoms with Crippen LogP contribution < -0.4 is 5.32 Å². The highest BCUT2D eigenvalue weighted by Crippen LogP contribution is 2.29. The first-order chi connectivity index (χ1) is 13.0. The monoisotopic (exact) mass is 374 g/mol. The van der Waals surface area contributed by atoms with Gasteiger partial charge in [-0.1, -0.05) is 6.07 Å². The number of hydrogen-bond acceptors (Lipinski definition) is 3. The lowest BCUT2D eigenvalue weighted by Gasteiger charge is -2.09. The molecule has 140 valence electrons. The maximum absolute atomic E-state index is 13.5. The van der Waals surface area contributed by atoms with Gasteiger partial charge in [-0.15, -0.1) is 0 Å². The Morgan fingerprint density at radius 1 is 1.22 bits per heavy atom. The molecule has 0 bridgehead atoms. The van der Waals surface area contributed by atoms with Gasteiger partial charge in [0.2, 0.25) is 5.91 Å². The Kier molecular flexibility index (Phi) is 4.55. The van der Waals surface area contributed by atoms with Crippen LogP contribution >= 0.6 is 0 Å². The molecule has 1 amide bonds. The third-order valence-corrected chi connectivity index (χ3v) is 4.91. The van der Waals surface area contributed by atoms with Gasteiger partial charge in [-0.2, -0.15) is 5.10 Å². The van der Waals surface area contributed by atoms with Crippen molar-refractivity contribution in [2.45, 2.75) is 25.8 Å². The van der Waals surface area contributed by atoms with E-state index in [1.807, 2.05) is 0 Å². The van der Waals surface area contributed by atoms with Gasteiger partial charge in [0.25, 0.3) is 6.43 Å². The van der Waals surface area contributed by atoms with Crippen LogP contribution in [0.5, 0.6) is 0 Å². The van der Waals surface area contributed by atoms with Gasteiger partial charge in [0.05, 0.1) is 17.3 Å². The third-order valence-electron chi connectivity index (χ3n) is 4.91. The van der Waals surface area contributed by atoms with Crippen molar-refractivity contribution in [3.05, 3.63) is 48.0 Å². The van der Waals surface area contributed by atoms with E-state index in [2.05, 4.69) is 15.4 Å². The van der Waals surface area contributed by atoms with E-state index < -0.39 is 17.8 Å². The van der Waals surface area contributed by atoms with E-state index in [0.717, 1.165) is 24.1 Å². The number of nitrogens with zero attached hydrogens (tertiary/aromatic N) is 3. The second-order valence-electron chi connectivity index (χ2n) is 6.60. The Morgan fingerprint density at radius 2 is 2.07 bits per heavy atom. The van der Waals surface area contributed by atoms with Gasteiger partial charge in [0, 0.05) is 30.8 Å². The molecule has 2 aromatic heterocycles. The summed E-state index contributed by atoms with van der Waals surface area (Å²) in [6.07, 6.45) is 1.78. The van der Waals surface area contributed by atoms with Crippen molar-refractivity contribution in [1.29, 1.82) is 0 Å². The summed E-state index contributed by atoms with van der Waals surface area (Å²) in [4.78, 5) is 16.0. The van der Waals surface area contributed by atoms with Crippen LogP contribution in [-0.4, -0.2) is 27.2 Å². The molecule has 1 saturated heterocycles. The molecule has 3 aromatic rings. The summed E-state index contributed by atoms with van der Waals surface area (Å²) < 4.78 is 41.2. The lowest BCUT2D eigenvalue weighted by Crippen LogP contribution is -2.20. The lowest BCUT2D eigenvalue weighted by atomic mass is 10.0. The van der Waals surface area contributed by atoms with E-state index in [1.165, 1.54) is 6.07 Å². The minimum absolute atomic E-state index is 0.0221. The van der Waals surface area contributed by atoms with Gasteiger partial charge >= 0.3 is 0 Å². The van der Waals surface area contributed by atoms with Gasteiger partial charge in [-0.05, 0) is 36.6 Å². The quantitative estimate of drug-likeness (QED) is 0.741. The minimum atomic E-state index is -2.88. The average Bonchev–Trinajstić information content (AvgIpc) is 3.25. The fourth-order valence-electron chi connectivity index (χ4n) is 3.38. The standard InChI is InChI=1S/C19H17F3N4O/c20-15-2-1-12(7-14(15)18(21)22)13-8-17-16(24-9-13)10-25-26(17)6-4-11-3-5-23-19(11)27/h1-2,7-11,18H,3-6H2,(H,23,27)/t11-/m1/s1. The summed E-state index contributed by atoms with van der Waals surface area (Å²) in [5, 5.41) is 7.13. The number of pyridine rings is 1. The molecular formula is C19H17F3N4O. The van der Waals surface area contributed by atoms with Crippen molar-refractivity contribution in [2.75, 3.05) is 6.54 Å². The van der Waals surface area contributed by atoms with Crippen LogP contribution in [0.15, 0.2) is 36.7 Å². The van der Waals surface area contributed by atoms with Gasteiger partial charge in [-0.25, -0.2) is 13.2 Å². The number of fused-ring (bicyclic) bond motifs is 1. The lowest BCUT2D eigenvalue weighted by molar-refractivity contribution is -0.122. The summed E-state index contributed by atoms with van der Waals surface area (Å²) in [5.41, 5.74) is 1.85. The Hall–Kier alpha value is -2.90. The summed E-state index contributed by atoms with van der Waals surface area (Å²) in [5.74, 6) is -0.884. The average molecular weight is 374 g/mol. The zero-order valence-corrected chi connectivity index (χ0v) is 14.3. The Balaban J connectivity index is 1.64. The molecule has 0 unspecified atom stereocenters. The van der Waals surface area contributed by atoms with Crippen molar-refractivity contribution in [3.63, 3.8) is 0 Å². The van der Waals surface area contributed by atoms with E-state index in [0.29, 0.717) is 36.2 Å².